The van der Waals surface area contributed by atoms with Crippen LogP contribution in [0.2, 0.25) is 45.3 Å². The minimum atomic E-state index is -3.11. The van der Waals surface area contributed by atoms with Crippen LogP contribution in [0.25, 0.3) is 0 Å². The van der Waals surface area contributed by atoms with Crippen LogP contribution >= 0.6 is 0 Å². The van der Waals surface area contributed by atoms with Crippen molar-refractivity contribution in [2.75, 3.05) is 20.3 Å². The SMILES string of the molecule is CO[Si]1(CCn2cc(CN(C3=N[C@@H](C(C)(C)C)CO3)C3=N[C@@H](C(C)(C)C)CO3)nn2)OC(C(C)O[Si](C)(C)C)C(C(C)O[Si](C)(C)C)O1. The summed E-state index contributed by atoms with van der Waals surface area (Å²) in [6, 6.07) is 1.57. The highest BCUT2D eigenvalue weighted by Gasteiger charge is 2.57. The number of hydrogen-bond donors (Lipinski definition) is 0. The van der Waals surface area contributed by atoms with Gasteiger partial charge in [-0.05, 0) is 64.0 Å². The Balaban J connectivity index is 1.51. The van der Waals surface area contributed by atoms with Crippen molar-refractivity contribution < 1.29 is 31.6 Å². The van der Waals surface area contributed by atoms with E-state index in [1.54, 1.807) is 7.11 Å². The Morgan fingerprint density at radius 2 is 1.31 bits per heavy atom. The summed E-state index contributed by atoms with van der Waals surface area (Å²) < 4.78 is 46.6. The molecule has 1 aromatic rings. The lowest BCUT2D eigenvalue weighted by Gasteiger charge is -2.34. The largest absolute Gasteiger partial charge is 0.503 e. The fraction of sp³-hybridized carbons (Fsp3) is 0.875. The summed E-state index contributed by atoms with van der Waals surface area (Å²) >= 11 is 0. The van der Waals surface area contributed by atoms with Gasteiger partial charge in [0.05, 0.1) is 37.0 Å². The van der Waals surface area contributed by atoms with Crippen LogP contribution in [0.4, 0.5) is 0 Å². The van der Waals surface area contributed by atoms with E-state index < -0.39 is 25.4 Å². The van der Waals surface area contributed by atoms with E-state index in [9.17, 15) is 0 Å². The molecular formula is C32H62N6O7Si3. The highest BCUT2D eigenvalue weighted by atomic mass is 28.4. The van der Waals surface area contributed by atoms with Gasteiger partial charge in [0, 0.05) is 19.7 Å². The monoisotopic (exact) mass is 726 g/mol. The molecule has 0 spiro atoms. The second kappa shape index (κ2) is 14.5. The highest BCUT2D eigenvalue weighted by Crippen LogP contribution is 2.36. The maximum Gasteiger partial charge on any atom is 0.503 e. The van der Waals surface area contributed by atoms with Gasteiger partial charge in [-0.3, -0.25) is 4.68 Å². The molecule has 4 unspecified atom stereocenters. The lowest BCUT2D eigenvalue weighted by atomic mass is 9.88. The summed E-state index contributed by atoms with van der Waals surface area (Å²) in [5.74, 6) is 0. The summed E-state index contributed by atoms with van der Waals surface area (Å²) in [7, 11) is -5.12. The first-order chi connectivity index (χ1) is 22.0. The third kappa shape index (κ3) is 10.2. The molecule has 0 aliphatic carbocycles. The van der Waals surface area contributed by atoms with Crippen LogP contribution in [0.1, 0.15) is 61.1 Å². The van der Waals surface area contributed by atoms with Gasteiger partial charge in [-0.25, -0.2) is 14.9 Å². The van der Waals surface area contributed by atoms with Gasteiger partial charge >= 0.3 is 8.80 Å². The summed E-state index contributed by atoms with van der Waals surface area (Å²) in [4.78, 5) is 11.8. The van der Waals surface area contributed by atoms with Crippen LogP contribution in [0.5, 0.6) is 0 Å². The number of rotatable bonds is 12. The van der Waals surface area contributed by atoms with Crippen LogP contribution in [-0.2, 0) is 44.7 Å². The van der Waals surface area contributed by atoms with E-state index >= 15 is 0 Å². The minimum Gasteiger partial charge on any atom is -0.463 e. The number of hydrogen-bond acceptors (Lipinski definition) is 12. The maximum atomic E-state index is 6.75. The first-order valence-corrected chi connectivity index (χ1v) is 26.1. The molecule has 3 aliphatic rings. The van der Waals surface area contributed by atoms with E-state index in [2.05, 4.69) is 105 Å². The van der Waals surface area contributed by atoms with E-state index in [1.807, 2.05) is 15.8 Å². The van der Waals surface area contributed by atoms with Crippen molar-refractivity contribution in [3.63, 3.8) is 0 Å². The zero-order valence-corrected chi connectivity index (χ0v) is 35.1. The van der Waals surface area contributed by atoms with Crippen molar-refractivity contribution in [1.29, 1.82) is 0 Å². The first-order valence-electron chi connectivity index (χ1n) is 17.3. The van der Waals surface area contributed by atoms with E-state index in [-0.39, 0.29) is 47.3 Å². The van der Waals surface area contributed by atoms with E-state index in [1.165, 1.54) is 0 Å². The van der Waals surface area contributed by atoms with Crippen molar-refractivity contribution in [2.45, 2.75) is 150 Å². The molecular weight excluding hydrogens is 665 g/mol. The molecule has 48 heavy (non-hydrogen) atoms. The molecule has 16 heteroatoms. The topological polar surface area (TPSA) is 123 Å². The minimum absolute atomic E-state index is 0.0260. The molecule has 0 saturated carbocycles. The van der Waals surface area contributed by atoms with Gasteiger partial charge in [0.25, 0.3) is 12.0 Å². The number of aryl methyl sites for hydroxylation is 1. The smallest absolute Gasteiger partial charge is 0.463 e. The van der Waals surface area contributed by atoms with Crippen molar-refractivity contribution in [2.24, 2.45) is 20.8 Å². The zero-order chi connectivity index (χ0) is 35.9. The molecule has 0 amide bonds. The second-order valence-corrected chi connectivity index (χ2v) is 29.1. The van der Waals surface area contributed by atoms with Crippen molar-refractivity contribution >= 4 is 37.5 Å². The molecule has 0 radical (unpaired) electrons. The van der Waals surface area contributed by atoms with Crippen molar-refractivity contribution in [1.82, 2.24) is 19.9 Å². The Labute approximate surface area is 291 Å². The molecule has 274 valence electrons. The molecule has 3 aliphatic heterocycles. The summed E-state index contributed by atoms with van der Waals surface area (Å²) in [6.45, 7) is 32.1. The number of ether oxygens (including phenoxy) is 2. The molecule has 13 nitrogen and oxygen atoms in total. The normalized spacial score (nSPS) is 28.1. The van der Waals surface area contributed by atoms with E-state index in [4.69, 9.17) is 41.6 Å². The van der Waals surface area contributed by atoms with Crippen LogP contribution in [0.15, 0.2) is 16.2 Å². The molecule has 4 heterocycles. The Morgan fingerprint density at radius 1 is 0.854 bits per heavy atom. The number of aliphatic imine (C=N–C) groups is 2. The quantitative estimate of drug-likeness (QED) is 0.254. The van der Waals surface area contributed by atoms with Crippen LogP contribution in [0, 0.1) is 10.8 Å². The van der Waals surface area contributed by atoms with Crippen LogP contribution in [0.3, 0.4) is 0 Å². The third-order valence-corrected chi connectivity index (χ3v) is 13.4. The fourth-order valence-corrected chi connectivity index (χ4v) is 11.1. The van der Waals surface area contributed by atoms with Crippen molar-refractivity contribution in [3.05, 3.63) is 11.9 Å². The van der Waals surface area contributed by atoms with E-state index in [0.29, 0.717) is 44.4 Å². The molecule has 0 aromatic carbocycles. The van der Waals surface area contributed by atoms with E-state index in [0.717, 1.165) is 5.69 Å². The summed E-state index contributed by atoms with van der Waals surface area (Å²) in [6.07, 6.45) is 0.987. The maximum absolute atomic E-state index is 6.75. The molecule has 0 N–H and O–H groups in total. The average molecular weight is 727 g/mol. The molecule has 1 saturated heterocycles. The second-order valence-electron chi connectivity index (χ2n) is 17.4. The van der Waals surface area contributed by atoms with Gasteiger partial charge in [0.2, 0.25) is 0 Å². The van der Waals surface area contributed by atoms with Gasteiger partial charge in [0.1, 0.15) is 31.1 Å². The highest BCUT2D eigenvalue weighted by molar-refractivity contribution is 6.70. The molecule has 4 rings (SSSR count). The fourth-order valence-electron chi connectivity index (χ4n) is 5.92. The van der Waals surface area contributed by atoms with Crippen LogP contribution in [-0.4, -0.2) is 114 Å². The molecule has 0 bridgehead atoms. The van der Waals surface area contributed by atoms with Gasteiger partial charge < -0.3 is 31.6 Å². The van der Waals surface area contributed by atoms with Gasteiger partial charge in [-0.1, -0.05) is 46.8 Å². The zero-order valence-electron chi connectivity index (χ0n) is 32.1. The molecule has 1 fully saturated rings. The summed E-state index contributed by atoms with van der Waals surface area (Å²) in [5.41, 5.74) is 0.658. The third-order valence-electron chi connectivity index (χ3n) is 8.56. The molecule has 6 atom stereocenters. The lowest BCUT2D eigenvalue weighted by molar-refractivity contribution is -0.00925. The Hall–Kier alpha value is -1.67. The Morgan fingerprint density at radius 3 is 1.69 bits per heavy atom. The number of nitrogens with zero attached hydrogens (tertiary/aromatic N) is 6. The lowest BCUT2D eigenvalue weighted by Crippen LogP contribution is -2.47. The number of amidine groups is 2. The average Bonchev–Trinajstić information content (AvgIpc) is 3.73. The standard InChI is InChI=1S/C32H62N6O7Si3/c1-22(42-46(10,11)12)27-28(23(2)43-47(13,14)15)45-48(39-9,44-27)17-16-37-18-24(35-36-37)19-38(29-33-25(20-40-29)31(3,4)5)30-34-26(21-41-30)32(6,7)8/h18,22-23,25-28H,16-17,19-21H2,1-15H3/t22?,23?,25-,26-,27?,28?,48?/m1/s1. The Bertz CT molecular complexity index is 1230. The molecule has 1 aromatic heterocycles. The summed E-state index contributed by atoms with van der Waals surface area (Å²) in [5, 5.41) is 8.97. The predicted molar refractivity (Wildman–Crippen MR) is 194 cm³/mol. The van der Waals surface area contributed by atoms with Gasteiger partial charge in [-0.15, -0.1) is 5.10 Å². The van der Waals surface area contributed by atoms with Crippen molar-refractivity contribution in [3.8, 4) is 0 Å². The van der Waals surface area contributed by atoms with Gasteiger partial charge in [0.15, 0.2) is 16.6 Å². The van der Waals surface area contributed by atoms with Crippen LogP contribution < -0.4 is 0 Å². The predicted octanol–water partition coefficient (Wildman–Crippen LogP) is 5.53. The number of aromatic nitrogens is 3. The van der Waals surface area contributed by atoms with Gasteiger partial charge in [-0.2, -0.15) is 0 Å². The Kier molecular flexibility index (Phi) is 11.8. The first kappa shape index (κ1) is 39.1.